The van der Waals surface area contributed by atoms with Crippen LogP contribution in [0.4, 0.5) is 5.69 Å². The molecular formula is C19H20ClN3O8S. The number of carbonyl (C=O) groups is 2. The zero-order valence-corrected chi connectivity index (χ0v) is 18.7. The molecular weight excluding hydrogens is 466 g/mol. The van der Waals surface area contributed by atoms with Gasteiger partial charge in [0, 0.05) is 25.7 Å². The number of nitrogens with zero attached hydrogens (tertiary/aromatic N) is 2. The van der Waals surface area contributed by atoms with Gasteiger partial charge in [0.15, 0.2) is 0 Å². The van der Waals surface area contributed by atoms with Crippen molar-refractivity contribution in [3.63, 3.8) is 0 Å². The smallest absolute Gasteiger partial charge is 0.325 e. The monoisotopic (exact) mass is 485 g/mol. The first-order valence-corrected chi connectivity index (χ1v) is 10.9. The average Bonchev–Trinajstić information content (AvgIpc) is 2.75. The van der Waals surface area contributed by atoms with Crippen LogP contribution in [0.5, 0.6) is 5.75 Å². The fourth-order valence-corrected chi connectivity index (χ4v) is 3.42. The second kappa shape index (κ2) is 10.9. The zero-order chi connectivity index (χ0) is 23.9. The summed E-state index contributed by atoms with van der Waals surface area (Å²) in [7, 11) is -0.686. The van der Waals surface area contributed by atoms with Crippen LogP contribution >= 0.6 is 11.6 Å². The van der Waals surface area contributed by atoms with Gasteiger partial charge in [-0.25, -0.2) is 12.7 Å². The van der Waals surface area contributed by atoms with Gasteiger partial charge in [-0.3, -0.25) is 19.7 Å². The van der Waals surface area contributed by atoms with E-state index in [0.717, 1.165) is 10.4 Å². The predicted molar refractivity (Wildman–Crippen MR) is 114 cm³/mol. The number of benzene rings is 2. The van der Waals surface area contributed by atoms with Crippen LogP contribution in [0, 0.1) is 10.1 Å². The molecule has 11 nitrogen and oxygen atoms in total. The molecule has 0 aliphatic heterocycles. The second-order valence-corrected chi connectivity index (χ2v) is 8.99. The molecule has 32 heavy (non-hydrogen) atoms. The van der Waals surface area contributed by atoms with Gasteiger partial charge in [0.1, 0.15) is 30.5 Å². The first-order valence-electron chi connectivity index (χ1n) is 9.05. The van der Waals surface area contributed by atoms with Crippen molar-refractivity contribution < 1.29 is 32.4 Å². The molecule has 0 spiro atoms. The highest BCUT2D eigenvalue weighted by Gasteiger charge is 2.18. The summed E-state index contributed by atoms with van der Waals surface area (Å²) in [5.74, 6) is -1.06. The van der Waals surface area contributed by atoms with E-state index in [1.807, 2.05) is 0 Å². The molecule has 0 aliphatic carbocycles. The Hall–Kier alpha value is -3.22. The molecule has 0 atom stereocenters. The molecule has 172 valence electrons. The lowest BCUT2D eigenvalue weighted by molar-refractivity contribution is -0.384. The Morgan fingerprint density at radius 2 is 1.78 bits per heavy atom. The van der Waals surface area contributed by atoms with Crippen molar-refractivity contribution in [2.75, 3.05) is 33.9 Å². The minimum Gasteiger partial charge on any atom is -0.490 e. The third kappa shape index (κ3) is 6.64. The summed E-state index contributed by atoms with van der Waals surface area (Å²) in [6.07, 6.45) is 0. The zero-order valence-electron chi connectivity index (χ0n) is 17.1. The van der Waals surface area contributed by atoms with Gasteiger partial charge >= 0.3 is 5.97 Å². The molecule has 1 N–H and O–H groups in total. The van der Waals surface area contributed by atoms with Gasteiger partial charge < -0.3 is 14.8 Å². The number of nitrogens with one attached hydrogen (secondary N) is 1. The summed E-state index contributed by atoms with van der Waals surface area (Å²) in [5.41, 5.74) is -0.455. The molecule has 0 heterocycles. The third-order valence-electron chi connectivity index (χ3n) is 4.02. The summed E-state index contributed by atoms with van der Waals surface area (Å²) in [5, 5.41) is 13.1. The number of halogens is 1. The molecule has 0 aromatic heterocycles. The fraction of sp³-hybridized carbons (Fsp3) is 0.263. The van der Waals surface area contributed by atoms with E-state index in [-0.39, 0.29) is 28.7 Å². The quantitative estimate of drug-likeness (QED) is 0.232. The molecule has 0 bridgehead atoms. The van der Waals surface area contributed by atoms with Crippen LogP contribution in [0.3, 0.4) is 0 Å². The van der Waals surface area contributed by atoms with Gasteiger partial charge in [-0.1, -0.05) is 11.6 Å². The Morgan fingerprint density at radius 1 is 1.12 bits per heavy atom. The highest BCUT2D eigenvalue weighted by molar-refractivity contribution is 7.89. The number of carbonyl (C=O) groups excluding carboxylic acids is 2. The summed E-state index contributed by atoms with van der Waals surface area (Å²) < 4.78 is 35.4. The lowest BCUT2D eigenvalue weighted by Crippen LogP contribution is -2.31. The van der Waals surface area contributed by atoms with Crippen molar-refractivity contribution in [1.82, 2.24) is 9.62 Å². The Bertz CT molecular complexity index is 1100. The summed E-state index contributed by atoms with van der Waals surface area (Å²) >= 11 is 5.69. The normalized spacial score (nSPS) is 11.1. The first kappa shape index (κ1) is 25.0. The number of amides is 1. The Kier molecular flexibility index (Phi) is 8.52. The topological polar surface area (TPSA) is 145 Å². The van der Waals surface area contributed by atoms with E-state index in [9.17, 15) is 28.1 Å². The number of hydrogen-bond donors (Lipinski definition) is 1. The Balaban J connectivity index is 1.75. The van der Waals surface area contributed by atoms with E-state index >= 15 is 0 Å². The van der Waals surface area contributed by atoms with Crippen molar-refractivity contribution in [2.45, 2.75) is 4.90 Å². The number of nitro benzene ring substituents is 1. The Labute approximate surface area is 189 Å². The second-order valence-electron chi connectivity index (χ2n) is 6.43. The van der Waals surface area contributed by atoms with E-state index in [4.69, 9.17) is 21.1 Å². The van der Waals surface area contributed by atoms with Crippen molar-refractivity contribution in [2.24, 2.45) is 0 Å². The van der Waals surface area contributed by atoms with E-state index in [2.05, 4.69) is 5.32 Å². The molecule has 2 rings (SSSR count). The molecule has 2 aromatic rings. The predicted octanol–water partition coefficient (Wildman–Crippen LogP) is 1.85. The first-order chi connectivity index (χ1) is 15.0. The third-order valence-corrected chi connectivity index (χ3v) is 6.16. The highest BCUT2D eigenvalue weighted by atomic mass is 35.5. The van der Waals surface area contributed by atoms with E-state index in [1.165, 1.54) is 50.5 Å². The van der Waals surface area contributed by atoms with Crippen molar-refractivity contribution in [1.29, 1.82) is 0 Å². The van der Waals surface area contributed by atoms with Gasteiger partial charge in [0.25, 0.3) is 11.6 Å². The summed E-state index contributed by atoms with van der Waals surface area (Å²) in [6.45, 7) is -0.561. The van der Waals surface area contributed by atoms with Crippen molar-refractivity contribution in [3.05, 3.63) is 63.2 Å². The largest absolute Gasteiger partial charge is 0.490 e. The van der Waals surface area contributed by atoms with Crippen molar-refractivity contribution in [3.8, 4) is 5.75 Å². The molecule has 0 saturated carbocycles. The lowest BCUT2D eigenvalue weighted by Gasteiger charge is -2.12. The van der Waals surface area contributed by atoms with Gasteiger partial charge in [-0.2, -0.15) is 0 Å². The number of sulfonamides is 1. The maximum atomic E-state index is 12.0. The van der Waals surface area contributed by atoms with Crippen LogP contribution in [0.2, 0.25) is 5.02 Å². The number of esters is 1. The van der Waals surface area contributed by atoms with Crippen LogP contribution in [-0.2, 0) is 19.6 Å². The van der Waals surface area contributed by atoms with Gasteiger partial charge in [0.2, 0.25) is 10.0 Å². The van der Waals surface area contributed by atoms with E-state index < -0.39 is 39.1 Å². The molecule has 2 aromatic carbocycles. The standard InChI is InChI=1S/C19H20ClN3O8S/c1-22(2)32(28,29)15-6-4-14(5-7-15)30-9-10-31-18(24)12-21-19(25)13-3-8-16(20)17(11-13)23(26)27/h3-8,11H,9-10,12H2,1-2H3,(H,21,25). The number of ether oxygens (including phenoxy) is 2. The molecule has 13 heteroatoms. The van der Waals surface area contributed by atoms with Gasteiger partial charge in [0.05, 0.1) is 9.82 Å². The molecule has 0 radical (unpaired) electrons. The molecule has 0 unspecified atom stereocenters. The maximum Gasteiger partial charge on any atom is 0.325 e. The number of rotatable bonds is 10. The van der Waals surface area contributed by atoms with Gasteiger partial charge in [-0.05, 0) is 36.4 Å². The van der Waals surface area contributed by atoms with Crippen LogP contribution < -0.4 is 10.1 Å². The molecule has 0 saturated heterocycles. The molecule has 1 amide bonds. The average molecular weight is 486 g/mol. The minimum absolute atomic E-state index is 0.00282. The summed E-state index contributed by atoms with van der Waals surface area (Å²) in [4.78, 5) is 34.0. The maximum absolute atomic E-state index is 12.0. The van der Waals surface area contributed by atoms with E-state index in [1.54, 1.807) is 0 Å². The number of hydrogen-bond acceptors (Lipinski definition) is 8. The van der Waals surface area contributed by atoms with Crippen LogP contribution in [0.15, 0.2) is 47.4 Å². The Morgan fingerprint density at radius 3 is 2.38 bits per heavy atom. The van der Waals surface area contributed by atoms with E-state index in [0.29, 0.717) is 5.75 Å². The fourth-order valence-electron chi connectivity index (χ4n) is 2.33. The van der Waals surface area contributed by atoms with Crippen LogP contribution in [-0.4, -0.2) is 63.4 Å². The van der Waals surface area contributed by atoms with Crippen molar-refractivity contribution >= 4 is 39.2 Å². The van der Waals surface area contributed by atoms with Crippen LogP contribution in [0.25, 0.3) is 0 Å². The molecule has 0 fully saturated rings. The highest BCUT2D eigenvalue weighted by Crippen LogP contribution is 2.25. The molecule has 0 aliphatic rings. The lowest BCUT2D eigenvalue weighted by atomic mass is 10.2. The van der Waals surface area contributed by atoms with Gasteiger partial charge in [-0.15, -0.1) is 0 Å². The number of nitro groups is 1. The van der Waals surface area contributed by atoms with Crippen LogP contribution in [0.1, 0.15) is 10.4 Å². The minimum atomic E-state index is -3.54. The summed E-state index contributed by atoms with van der Waals surface area (Å²) in [6, 6.07) is 9.26. The SMILES string of the molecule is CN(C)S(=O)(=O)c1ccc(OCCOC(=O)CNC(=O)c2ccc(Cl)c([N+](=O)[O-])c2)cc1.